The molecule has 4 nitrogen and oxygen atoms in total. The number of hydrogen-bond acceptors (Lipinski definition) is 4. The van der Waals surface area contributed by atoms with Crippen LogP contribution < -0.4 is 4.90 Å². The third-order valence-electron chi connectivity index (χ3n) is 3.26. The molecule has 2 rings (SSSR count). The van der Waals surface area contributed by atoms with Crippen LogP contribution in [0.5, 0.6) is 0 Å². The zero-order valence-electron chi connectivity index (χ0n) is 11.0. The smallest absolute Gasteiger partial charge is 0.204 e. The first-order valence-corrected chi connectivity index (χ1v) is 7.42. The minimum Gasteiger partial charge on any atom is -0.340 e. The number of anilines is 1. The largest absolute Gasteiger partial charge is 0.340 e. The molecule has 18 heavy (non-hydrogen) atoms. The molecule has 2 heterocycles. The fraction of sp³-hybridized carbons (Fsp3) is 0.667. The second kappa shape index (κ2) is 5.67. The van der Waals surface area contributed by atoms with Gasteiger partial charge in [0, 0.05) is 31.9 Å². The predicted molar refractivity (Wildman–Crippen MR) is 80.9 cm³/mol. The highest BCUT2D eigenvalue weighted by Crippen LogP contribution is 2.25. The quantitative estimate of drug-likeness (QED) is 0.846. The molecule has 6 heteroatoms. The van der Waals surface area contributed by atoms with Gasteiger partial charge >= 0.3 is 0 Å². The van der Waals surface area contributed by atoms with E-state index in [0.29, 0.717) is 10.6 Å². The lowest BCUT2D eigenvalue weighted by Gasteiger charge is -2.33. The minimum absolute atomic E-state index is 0.398. The van der Waals surface area contributed by atoms with Gasteiger partial charge in [-0.2, -0.15) is 0 Å². The van der Waals surface area contributed by atoms with Crippen LogP contribution in [0.25, 0.3) is 0 Å². The van der Waals surface area contributed by atoms with E-state index in [-0.39, 0.29) is 0 Å². The molecular weight excluding hydrogens is 312 g/mol. The van der Waals surface area contributed by atoms with Gasteiger partial charge < -0.3 is 14.8 Å². The van der Waals surface area contributed by atoms with Crippen LogP contribution in [0.3, 0.4) is 0 Å². The number of piperazine rings is 1. The van der Waals surface area contributed by atoms with Crippen LogP contribution in [-0.2, 0) is 0 Å². The lowest BCUT2D eigenvalue weighted by atomic mass is 10.1. The van der Waals surface area contributed by atoms with Crippen molar-refractivity contribution in [3.63, 3.8) is 0 Å². The number of aromatic nitrogens is 2. The molecule has 0 bridgehead atoms. The van der Waals surface area contributed by atoms with Crippen LogP contribution in [0.15, 0.2) is 4.47 Å². The number of nitrogens with zero attached hydrogens (tertiary/aromatic N) is 3. The summed E-state index contributed by atoms with van der Waals surface area (Å²) in [5.74, 6) is 1.30. The van der Waals surface area contributed by atoms with E-state index in [0.717, 1.165) is 42.3 Å². The maximum absolute atomic E-state index is 5.32. The minimum atomic E-state index is 0.398. The average Bonchev–Trinajstić information content (AvgIpc) is 2.33. The summed E-state index contributed by atoms with van der Waals surface area (Å²) in [5.41, 5.74) is 1.13. The second-order valence-corrected chi connectivity index (χ2v) is 6.22. The van der Waals surface area contributed by atoms with Crippen molar-refractivity contribution in [2.75, 3.05) is 38.1 Å². The van der Waals surface area contributed by atoms with Crippen molar-refractivity contribution < 1.29 is 0 Å². The zero-order chi connectivity index (χ0) is 13.3. The third-order valence-corrected chi connectivity index (χ3v) is 4.62. The highest BCUT2D eigenvalue weighted by atomic mass is 79.9. The predicted octanol–water partition coefficient (Wildman–Crippen LogP) is 2.78. The average molecular weight is 331 g/mol. The lowest BCUT2D eigenvalue weighted by molar-refractivity contribution is 0.311. The van der Waals surface area contributed by atoms with E-state index in [1.807, 2.05) is 0 Å². The molecule has 100 valence electrons. The van der Waals surface area contributed by atoms with Crippen LogP contribution in [0.2, 0.25) is 0 Å². The topological polar surface area (TPSA) is 35.2 Å². The second-order valence-electron chi connectivity index (χ2n) is 5.04. The van der Waals surface area contributed by atoms with Gasteiger partial charge in [0.15, 0.2) is 0 Å². The molecule has 1 aliphatic heterocycles. The van der Waals surface area contributed by atoms with Gasteiger partial charge in [-0.15, -0.1) is 0 Å². The molecule has 0 spiro atoms. The first-order chi connectivity index (χ1) is 8.49. The highest BCUT2D eigenvalue weighted by molar-refractivity contribution is 9.10. The van der Waals surface area contributed by atoms with Gasteiger partial charge in [-0.05, 0) is 28.9 Å². The molecule has 0 radical (unpaired) electrons. The Bertz CT molecular complexity index is 477. The molecule has 0 unspecified atom stereocenters. The number of hydrogen-bond donors (Lipinski definition) is 1. The Hall–Kier alpha value is -0.460. The van der Waals surface area contributed by atoms with Crippen LogP contribution in [0.4, 0.5) is 5.95 Å². The van der Waals surface area contributed by atoms with E-state index in [9.17, 15) is 0 Å². The van der Waals surface area contributed by atoms with Crippen molar-refractivity contribution in [1.82, 2.24) is 14.9 Å². The Kier molecular flexibility index (Phi) is 4.40. The molecule has 1 saturated heterocycles. The Morgan fingerprint density at radius 2 is 1.89 bits per heavy atom. The van der Waals surface area contributed by atoms with Gasteiger partial charge in [0.1, 0.15) is 4.64 Å². The van der Waals surface area contributed by atoms with Crippen LogP contribution >= 0.6 is 28.1 Å². The van der Waals surface area contributed by atoms with Crippen LogP contribution in [0.1, 0.15) is 25.5 Å². The van der Waals surface area contributed by atoms with E-state index < -0.39 is 0 Å². The molecule has 0 amide bonds. The van der Waals surface area contributed by atoms with Gasteiger partial charge in [0.2, 0.25) is 5.95 Å². The highest BCUT2D eigenvalue weighted by Gasteiger charge is 2.18. The Balaban J connectivity index is 2.31. The summed E-state index contributed by atoms with van der Waals surface area (Å²) in [6.07, 6.45) is 0. The molecule has 0 aliphatic carbocycles. The number of aromatic amines is 1. The molecule has 0 aromatic carbocycles. The van der Waals surface area contributed by atoms with E-state index in [4.69, 9.17) is 12.2 Å². The van der Waals surface area contributed by atoms with Crippen molar-refractivity contribution in [3.05, 3.63) is 14.8 Å². The first kappa shape index (κ1) is 14.0. The normalized spacial score (nSPS) is 17.5. The van der Waals surface area contributed by atoms with Gasteiger partial charge in [-0.25, -0.2) is 4.98 Å². The fourth-order valence-electron chi connectivity index (χ4n) is 2.03. The third kappa shape index (κ3) is 2.92. The number of nitrogens with one attached hydrogen (secondary N) is 1. The molecular formula is C12H19BrN4S. The summed E-state index contributed by atoms with van der Waals surface area (Å²) in [6, 6.07) is 0. The van der Waals surface area contributed by atoms with Crippen molar-refractivity contribution in [1.29, 1.82) is 0 Å². The zero-order valence-corrected chi connectivity index (χ0v) is 13.4. The summed E-state index contributed by atoms with van der Waals surface area (Å²) in [5, 5.41) is 0. The Morgan fingerprint density at radius 1 is 1.28 bits per heavy atom. The Labute approximate surface area is 122 Å². The number of likely N-dealkylation sites (N-methyl/N-ethyl adjacent to an activating group) is 1. The number of H-pyrrole nitrogens is 1. The van der Waals surface area contributed by atoms with Gasteiger partial charge in [0.25, 0.3) is 0 Å². The van der Waals surface area contributed by atoms with Crippen LogP contribution in [0, 0.1) is 4.64 Å². The maximum atomic E-state index is 5.32. The number of rotatable bonds is 2. The standard InChI is InChI=1S/C12H19BrN4S/c1-8(2)10-9(13)11(18)15-12(14-10)17-6-4-16(3)5-7-17/h8H,4-7H2,1-3H3,(H,14,15,18). The number of halogens is 1. The molecule has 1 N–H and O–H groups in total. The van der Waals surface area contributed by atoms with Crippen LogP contribution in [-0.4, -0.2) is 48.1 Å². The van der Waals surface area contributed by atoms with Crippen molar-refractivity contribution in [2.24, 2.45) is 0 Å². The summed E-state index contributed by atoms with van der Waals surface area (Å²) < 4.78 is 1.57. The molecule has 0 atom stereocenters. The summed E-state index contributed by atoms with van der Waals surface area (Å²) in [4.78, 5) is 12.5. The Morgan fingerprint density at radius 3 is 2.44 bits per heavy atom. The molecule has 1 aliphatic rings. The van der Waals surface area contributed by atoms with E-state index in [1.165, 1.54) is 0 Å². The maximum Gasteiger partial charge on any atom is 0.204 e. The monoisotopic (exact) mass is 330 g/mol. The van der Waals surface area contributed by atoms with E-state index in [1.54, 1.807) is 0 Å². The van der Waals surface area contributed by atoms with Gasteiger partial charge in [0.05, 0.1) is 4.47 Å². The lowest BCUT2D eigenvalue weighted by Crippen LogP contribution is -2.45. The fourth-order valence-corrected chi connectivity index (χ4v) is 2.87. The summed E-state index contributed by atoms with van der Waals surface area (Å²) in [6.45, 7) is 8.42. The molecule has 1 aromatic rings. The summed E-state index contributed by atoms with van der Waals surface area (Å²) >= 11 is 8.85. The molecule has 1 fully saturated rings. The first-order valence-electron chi connectivity index (χ1n) is 6.22. The van der Waals surface area contributed by atoms with E-state index in [2.05, 4.69) is 56.6 Å². The van der Waals surface area contributed by atoms with Gasteiger partial charge in [-0.3, -0.25) is 0 Å². The molecule has 1 aromatic heterocycles. The van der Waals surface area contributed by atoms with E-state index >= 15 is 0 Å². The van der Waals surface area contributed by atoms with Crippen molar-refractivity contribution in [2.45, 2.75) is 19.8 Å². The SMILES string of the molecule is CC(C)c1[nH]c(N2CCN(C)CC2)nc(=S)c1Br. The van der Waals surface area contributed by atoms with Crippen molar-refractivity contribution >= 4 is 34.1 Å². The summed E-state index contributed by atoms with van der Waals surface area (Å²) in [7, 11) is 2.15. The molecule has 0 saturated carbocycles. The van der Waals surface area contributed by atoms with Gasteiger partial charge in [-0.1, -0.05) is 26.1 Å². The van der Waals surface area contributed by atoms with Crippen molar-refractivity contribution in [3.8, 4) is 0 Å².